The lowest BCUT2D eigenvalue weighted by Gasteiger charge is -2.17. The van der Waals surface area contributed by atoms with Crippen molar-refractivity contribution < 1.29 is 13.2 Å². The molecule has 0 saturated carbocycles. The lowest BCUT2D eigenvalue weighted by Crippen LogP contribution is -2.31. The van der Waals surface area contributed by atoms with Crippen LogP contribution in [0.25, 0.3) is 11.0 Å². The number of fused-ring (bicyclic) bond motifs is 1. The van der Waals surface area contributed by atoms with Crippen LogP contribution in [-0.4, -0.2) is 46.9 Å². The van der Waals surface area contributed by atoms with Crippen molar-refractivity contribution in [3.05, 3.63) is 63.4 Å². The number of sulfonamides is 1. The molecule has 1 saturated heterocycles. The lowest BCUT2D eigenvalue weighted by atomic mass is 10.3. The van der Waals surface area contributed by atoms with Gasteiger partial charge in [-0.15, -0.1) is 0 Å². The van der Waals surface area contributed by atoms with E-state index in [2.05, 4.69) is 15.0 Å². The van der Waals surface area contributed by atoms with Gasteiger partial charge in [-0.25, -0.2) is 8.42 Å². The Kier molecular flexibility index (Phi) is 4.28. The Morgan fingerprint density at radius 2 is 1.89 bits per heavy atom. The van der Waals surface area contributed by atoms with E-state index < -0.39 is 21.1 Å². The standard InChI is InChI=1S/C17H16N4O5S/c22-16-17(23)20-15-8-13(3-4-14(15)19-16)27(24,25)21-7-5-12(10-21)26-11-2-1-6-18-9-11/h1-4,6,8-9,12H,5,7,10H2,(H,19,22)(H,20,23)/t12-/m0/s1. The summed E-state index contributed by atoms with van der Waals surface area (Å²) in [6, 6.07) is 7.72. The summed E-state index contributed by atoms with van der Waals surface area (Å²) in [5.74, 6) is 0.592. The van der Waals surface area contributed by atoms with Crippen LogP contribution in [0.2, 0.25) is 0 Å². The van der Waals surface area contributed by atoms with Crippen molar-refractivity contribution in [2.75, 3.05) is 13.1 Å². The van der Waals surface area contributed by atoms with E-state index in [0.29, 0.717) is 24.2 Å². The summed E-state index contributed by atoms with van der Waals surface area (Å²) in [6.07, 6.45) is 3.51. The van der Waals surface area contributed by atoms with Gasteiger partial charge in [0.2, 0.25) is 10.0 Å². The Bertz CT molecular complexity index is 1200. The van der Waals surface area contributed by atoms with E-state index in [4.69, 9.17) is 4.74 Å². The molecule has 1 aromatic carbocycles. The van der Waals surface area contributed by atoms with Gasteiger partial charge in [-0.05, 0) is 36.8 Å². The minimum atomic E-state index is -3.75. The van der Waals surface area contributed by atoms with Crippen molar-refractivity contribution in [2.24, 2.45) is 0 Å². The summed E-state index contributed by atoms with van der Waals surface area (Å²) in [4.78, 5) is 31.7. The number of H-pyrrole nitrogens is 2. The van der Waals surface area contributed by atoms with Gasteiger partial charge >= 0.3 is 11.1 Å². The molecule has 1 aliphatic rings. The molecular formula is C17H16N4O5S. The quantitative estimate of drug-likeness (QED) is 0.625. The Balaban J connectivity index is 1.58. The van der Waals surface area contributed by atoms with Crippen molar-refractivity contribution in [1.29, 1.82) is 0 Å². The average molecular weight is 388 g/mol. The van der Waals surface area contributed by atoms with E-state index >= 15 is 0 Å². The molecule has 3 heterocycles. The largest absolute Gasteiger partial charge is 0.487 e. The van der Waals surface area contributed by atoms with Crippen LogP contribution >= 0.6 is 0 Å². The van der Waals surface area contributed by atoms with Crippen LogP contribution in [0, 0.1) is 0 Å². The number of hydrogen-bond acceptors (Lipinski definition) is 6. The summed E-state index contributed by atoms with van der Waals surface area (Å²) < 4.78 is 33.0. The first-order valence-electron chi connectivity index (χ1n) is 8.27. The number of ether oxygens (including phenoxy) is 1. The zero-order valence-electron chi connectivity index (χ0n) is 14.1. The molecule has 2 N–H and O–H groups in total. The van der Waals surface area contributed by atoms with Crippen molar-refractivity contribution in [2.45, 2.75) is 17.4 Å². The molecule has 1 aliphatic heterocycles. The third-order valence-electron chi connectivity index (χ3n) is 4.38. The Morgan fingerprint density at radius 3 is 2.63 bits per heavy atom. The number of nitrogens with one attached hydrogen (secondary N) is 2. The Labute approximate surface area is 153 Å². The molecule has 0 amide bonds. The number of hydrogen-bond donors (Lipinski definition) is 2. The highest BCUT2D eigenvalue weighted by Crippen LogP contribution is 2.25. The van der Waals surface area contributed by atoms with Crippen molar-refractivity contribution in [3.8, 4) is 5.75 Å². The highest BCUT2D eigenvalue weighted by atomic mass is 32.2. The molecule has 0 unspecified atom stereocenters. The second-order valence-corrected chi connectivity index (χ2v) is 8.13. The minimum Gasteiger partial charge on any atom is -0.487 e. The lowest BCUT2D eigenvalue weighted by molar-refractivity contribution is 0.214. The van der Waals surface area contributed by atoms with E-state index in [9.17, 15) is 18.0 Å². The predicted octanol–water partition coefficient (Wildman–Crippen LogP) is 0.453. The van der Waals surface area contributed by atoms with Crippen LogP contribution in [0.4, 0.5) is 0 Å². The molecule has 1 atom stereocenters. The SMILES string of the molecule is O=c1[nH]c2ccc(S(=O)(=O)N3CC[C@H](Oc4cccnc4)C3)cc2[nH]c1=O. The van der Waals surface area contributed by atoms with Crippen LogP contribution in [0.1, 0.15) is 6.42 Å². The summed E-state index contributed by atoms with van der Waals surface area (Å²) in [5.41, 5.74) is -1.00. The molecule has 4 rings (SSSR count). The van der Waals surface area contributed by atoms with Gasteiger partial charge in [0.25, 0.3) is 0 Å². The van der Waals surface area contributed by atoms with E-state index in [-0.39, 0.29) is 23.1 Å². The maximum absolute atomic E-state index is 12.9. The molecule has 3 aromatic rings. The molecule has 0 spiro atoms. The molecular weight excluding hydrogens is 372 g/mol. The molecule has 10 heteroatoms. The first kappa shape index (κ1) is 17.4. The number of aromatic amines is 2. The molecule has 140 valence electrons. The number of rotatable bonds is 4. The van der Waals surface area contributed by atoms with Gasteiger partial charge in [0.15, 0.2) is 0 Å². The minimum absolute atomic E-state index is 0.0414. The maximum Gasteiger partial charge on any atom is 0.314 e. The third kappa shape index (κ3) is 3.36. The van der Waals surface area contributed by atoms with Crippen molar-refractivity contribution in [3.63, 3.8) is 0 Å². The first-order chi connectivity index (χ1) is 12.9. The van der Waals surface area contributed by atoms with Gasteiger partial charge < -0.3 is 14.7 Å². The molecule has 0 radical (unpaired) electrons. The molecule has 0 bridgehead atoms. The fourth-order valence-electron chi connectivity index (χ4n) is 3.02. The highest BCUT2D eigenvalue weighted by molar-refractivity contribution is 7.89. The van der Waals surface area contributed by atoms with Gasteiger partial charge in [0, 0.05) is 12.7 Å². The molecule has 9 nitrogen and oxygen atoms in total. The normalized spacial score (nSPS) is 18.0. The molecule has 1 fully saturated rings. The Hall–Kier alpha value is -2.98. The third-order valence-corrected chi connectivity index (χ3v) is 6.24. The van der Waals surface area contributed by atoms with E-state index in [1.54, 1.807) is 24.5 Å². The van der Waals surface area contributed by atoms with Gasteiger partial charge in [-0.2, -0.15) is 4.31 Å². The Morgan fingerprint density at radius 1 is 1.11 bits per heavy atom. The number of pyridine rings is 1. The molecule has 0 aliphatic carbocycles. The van der Waals surface area contributed by atoms with Crippen LogP contribution in [0.3, 0.4) is 0 Å². The topological polar surface area (TPSA) is 125 Å². The van der Waals surface area contributed by atoms with Crippen LogP contribution in [0.5, 0.6) is 5.75 Å². The highest BCUT2D eigenvalue weighted by Gasteiger charge is 2.33. The fourth-order valence-corrected chi connectivity index (χ4v) is 4.54. The maximum atomic E-state index is 12.9. The van der Waals surface area contributed by atoms with Gasteiger partial charge in [-0.3, -0.25) is 14.6 Å². The van der Waals surface area contributed by atoms with E-state index in [1.165, 1.54) is 22.5 Å². The monoisotopic (exact) mass is 388 g/mol. The van der Waals surface area contributed by atoms with Crippen molar-refractivity contribution in [1.82, 2.24) is 19.3 Å². The second kappa shape index (κ2) is 6.63. The van der Waals surface area contributed by atoms with Crippen LogP contribution < -0.4 is 15.9 Å². The smallest absolute Gasteiger partial charge is 0.314 e. The van der Waals surface area contributed by atoms with Crippen LogP contribution in [-0.2, 0) is 10.0 Å². The van der Waals surface area contributed by atoms with E-state index in [1.807, 2.05) is 0 Å². The van der Waals surface area contributed by atoms with Gasteiger partial charge in [0.1, 0.15) is 11.9 Å². The fraction of sp³-hybridized carbons (Fsp3) is 0.235. The summed E-state index contributed by atoms with van der Waals surface area (Å²) in [5, 5.41) is 0. The van der Waals surface area contributed by atoms with Crippen LogP contribution in [0.15, 0.2) is 57.2 Å². The zero-order valence-corrected chi connectivity index (χ0v) is 14.9. The zero-order chi connectivity index (χ0) is 19.0. The molecule has 2 aromatic heterocycles. The number of benzene rings is 1. The van der Waals surface area contributed by atoms with Gasteiger partial charge in [-0.1, -0.05) is 0 Å². The predicted molar refractivity (Wildman–Crippen MR) is 97.2 cm³/mol. The summed E-state index contributed by atoms with van der Waals surface area (Å²) >= 11 is 0. The summed E-state index contributed by atoms with van der Waals surface area (Å²) in [6.45, 7) is 0.546. The first-order valence-corrected chi connectivity index (χ1v) is 9.71. The average Bonchev–Trinajstić information content (AvgIpc) is 3.12. The second-order valence-electron chi connectivity index (χ2n) is 6.20. The van der Waals surface area contributed by atoms with E-state index in [0.717, 1.165) is 0 Å². The van der Waals surface area contributed by atoms with Gasteiger partial charge in [0.05, 0.1) is 28.7 Å². The summed E-state index contributed by atoms with van der Waals surface area (Å²) in [7, 11) is -3.75. The molecule has 27 heavy (non-hydrogen) atoms. The number of nitrogens with zero attached hydrogens (tertiary/aromatic N) is 2. The number of aromatic nitrogens is 3. The van der Waals surface area contributed by atoms with Crippen molar-refractivity contribution >= 4 is 21.1 Å².